The van der Waals surface area contributed by atoms with Gasteiger partial charge in [0.25, 0.3) is 5.91 Å². The lowest BCUT2D eigenvalue weighted by atomic mass is 10.1. The maximum Gasteiger partial charge on any atom is 0.283 e. The molecular formula is C22H19BrN4O2S. The monoisotopic (exact) mass is 482 g/mol. The number of methoxy groups -OCH3 is 1. The molecule has 152 valence electrons. The van der Waals surface area contributed by atoms with Crippen LogP contribution in [0.2, 0.25) is 0 Å². The van der Waals surface area contributed by atoms with Crippen LogP contribution in [0.25, 0.3) is 15.9 Å². The third-order valence-corrected chi connectivity index (χ3v) is 6.07. The van der Waals surface area contributed by atoms with Crippen LogP contribution in [0.15, 0.2) is 64.4 Å². The smallest absolute Gasteiger partial charge is 0.283 e. The molecule has 6 nitrogen and oxygen atoms in total. The standard InChI is InChI=1S/C22H19BrN4O2S/c1-14-11-16(13-29-2)18-19(27-9-3-4-10-27)20(30-22(18)25-14)21(28)26-24-12-15-5-7-17(23)8-6-15/h3-12H,13H2,1-2H3,(H,26,28)/b24-12+. The Morgan fingerprint density at radius 2 is 2.03 bits per heavy atom. The summed E-state index contributed by atoms with van der Waals surface area (Å²) in [6, 6.07) is 13.5. The molecule has 0 saturated heterocycles. The second-order valence-electron chi connectivity index (χ2n) is 6.66. The average Bonchev–Trinajstić information content (AvgIpc) is 3.37. The second-order valence-corrected chi connectivity index (χ2v) is 8.57. The Morgan fingerprint density at radius 3 is 2.73 bits per heavy atom. The van der Waals surface area contributed by atoms with Crippen molar-refractivity contribution in [3.63, 3.8) is 0 Å². The molecule has 1 N–H and O–H groups in total. The van der Waals surface area contributed by atoms with Gasteiger partial charge in [0.05, 0.1) is 18.5 Å². The molecule has 1 aromatic carbocycles. The first-order valence-electron chi connectivity index (χ1n) is 9.21. The van der Waals surface area contributed by atoms with Crippen molar-refractivity contribution < 1.29 is 9.53 Å². The Labute approximate surface area is 186 Å². The molecule has 0 unspecified atom stereocenters. The number of aromatic nitrogens is 2. The van der Waals surface area contributed by atoms with E-state index in [2.05, 4.69) is 31.4 Å². The molecule has 4 aromatic rings. The van der Waals surface area contributed by atoms with Gasteiger partial charge in [-0.2, -0.15) is 5.10 Å². The molecule has 3 aromatic heterocycles. The number of pyridine rings is 1. The van der Waals surface area contributed by atoms with Crippen LogP contribution in [0.4, 0.5) is 0 Å². The van der Waals surface area contributed by atoms with Crippen molar-refractivity contribution >= 4 is 49.6 Å². The first-order valence-corrected chi connectivity index (χ1v) is 10.8. The van der Waals surface area contributed by atoms with E-state index in [1.165, 1.54) is 11.3 Å². The van der Waals surface area contributed by atoms with Gasteiger partial charge in [0.15, 0.2) is 0 Å². The molecule has 0 atom stereocenters. The molecule has 0 spiro atoms. The Morgan fingerprint density at radius 1 is 1.30 bits per heavy atom. The fourth-order valence-electron chi connectivity index (χ4n) is 3.21. The van der Waals surface area contributed by atoms with Gasteiger partial charge in [-0.1, -0.05) is 28.1 Å². The Kier molecular flexibility index (Phi) is 6.08. The minimum absolute atomic E-state index is 0.281. The zero-order chi connectivity index (χ0) is 21.1. The molecule has 0 aliphatic carbocycles. The van der Waals surface area contributed by atoms with Crippen molar-refractivity contribution in [2.75, 3.05) is 7.11 Å². The third-order valence-electron chi connectivity index (χ3n) is 4.47. The van der Waals surface area contributed by atoms with E-state index in [9.17, 15) is 4.79 Å². The van der Waals surface area contributed by atoms with E-state index in [0.29, 0.717) is 11.5 Å². The van der Waals surface area contributed by atoms with Crippen LogP contribution in [0.5, 0.6) is 0 Å². The number of aryl methyl sites for hydroxylation is 1. The average molecular weight is 483 g/mol. The van der Waals surface area contributed by atoms with Crippen LogP contribution in [-0.2, 0) is 11.3 Å². The van der Waals surface area contributed by atoms with Crippen molar-refractivity contribution in [1.82, 2.24) is 15.0 Å². The fraction of sp³-hybridized carbons (Fsp3) is 0.136. The van der Waals surface area contributed by atoms with Crippen molar-refractivity contribution in [2.45, 2.75) is 13.5 Å². The number of nitrogens with zero attached hydrogens (tertiary/aromatic N) is 3. The molecule has 0 saturated carbocycles. The SMILES string of the molecule is COCc1cc(C)nc2sc(C(=O)N/N=C/c3ccc(Br)cc3)c(-n3cccc3)c12. The van der Waals surface area contributed by atoms with Crippen LogP contribution < -0.4 is 5.43 Å². The number of carbonyl (C=O) groups excluding carboxylic acids is 1. The zero-order valence-electron chi connectivity index (χ0n) is 16.4. The number of amides is 1. The molecule has 0 radical (unpaired) electrons. The molecule has 30 heavy (non-hydrogen) atoms. The van der Waals surface area contributed by atoms with Gasteiger partial charge in [0.1, 0.15) is 9.71 Å². The molecule has 4 rings (SSSR count). The molecule has 0 aliphatic heterocycles. The quantitative estimate of drug-likeness (QED) is 0.308. The lowest BCUT2D eigenvalue weighted by Crippen LogP contribution is -2.18. The number of fused-ring (bicyclic) bond motifs is 1. The summed E-state index contributed by atoms with van der Waals surface area (Å²) in [5.41, 5.74) is 6.21. The highest BCUT2D eigenvalue weighted by atomic mass is 79.9. The Balaban J connectivity index is 1.74. The number of halogens is 1. The summed E-state index contributed by atoms with van der Waals surface area (Å²) >= 11 is 4.76. The summed E-state index contributed by atoms with van der Waals surface area (Å²) in [7, 11) is 1.66. The van der Waals surface area contributed by atoms with Crippen molar-refractivity contribution in [3.8, 4) is 5.69 Å². The summed E-state index contributed by atoms with van der Waals surface area (Å²) in [6.07, 6.45) is 5.45. The van der Waals surface area contributed by atoms with Crippen LogP contribution in [0.3, 0.4) is 0 Å². The second kappa shape index (κ2) is 8.91. The van der Waals surface area contributed by atoms with E-state index in [1.807, 2.05) is 66.3 Å². The van der Waals surface area contributed by atoms with Crippen LogP contribution in [-0.4, -0.2) is 28.8 Å². The molecule has 1 amide bonds. The topological polar surface area (TPSA) is 68.5 Å². The number of ether oxygens (including phenoxy) is 1. The van der Waals surface area contributed by atoms with Crippen molar-refractivity contribution in [2.24, 2.45) is 5.10 Å². The number of hydrazone groups is 1. The van der Waals surface area contributed by atoms with Gasteiger partial charge in [0.2, 0.25) is 0 Å². The minimum atomic E-state index is -0.281. The van der Waals surface area contributed by atoms with E-state index in [4.69, 9.17) is 4.74 Å². The molecular weight excluding hydrogens is 464 g/mol. The number of thiophene rings is 1. The van der Waals surface area contributed by atoms with Gasteiger partial charge in [-0.3, -0.25) is 4.79 Å². The lowest BCUT2D eigenvalue weighted by Gasteiger charge is -2.09. The Bertz CT molecular complexity index is 1210. The van der Waals surface area contributed by atoms with E-state index in [-0.39, 0.29) is 5.91 Å². The summed E-state index contributed by atoms with van der Waals surface area (Å²) < 4.78 is 8.31. The normalized spacial score (nSPS) is 11.4. The first kappa shape index (κ1) is 20.5. The number of rotatable bonds is 6. The van der Waals surface area contributed by atoms with E-state index < -0.39 is 0 Å². The van der Waals surface area contributed by atoms with E-state index in [0.717, 1.165) is 37.2 Å². The van der Waals surface area contributed by atoms with Crippen LogP contribution in [0.1, 0.15) is 26.5 Å². The third kappa shape index (κ3) is 4.21. The van der Waals surface area contributed by atoms with E-state index in [1.54, 1.807) is 13.3 Å². The zero-order valence-corrected chi connectivity index (χ0v) is 18.8. The van der Waals surface area contributed by atoms with Gasteiger partial charge in [-0.05, 0) is 48.4 Å². The van der Waals surface area contributed by atoms with Gasteiger partial charge in [0, 0.05) is 35.1 Å². The van der Waals surface area contributed by atoms with Crippen molar-refractivity contribution in [3.05, 3.63) is 81.0 Å². The fourth-order valence-corrected chi connectivity index (χ4v) is 4.63. The summed E-state index contributed by atoms with van der Waals surface area (Å²) in [6.45, 7) is 2.38. The van der Waals surface area contributed by atoms with Gasteiger partial charge in [-0.15, -0.1) is 11.3 Å². The summed E-state index contributed by atoms with van der Waals surface area (Å²) in [5, 5.41) is 5.05. The maximum absolute atomic E-state index is 13.0. The number of hydrogen-bond donors (Lipinski definition) is 1. The van der Waals surface area contributed by atoms with Gasteiger partial charge < -0.3 is 9.30 Å². The number of carbonyl (C=O) groups is 1. The summed E-state index contributed by atoms with van der Waals surface area (Å²) in [4.78, 5) is 19.0. The van der Waals surface area contributed by atoms with Gasteiger partial charge >= 0.3 is 0 Å². The highest BCUT2D eigenvalue weighted by molar-refractivity contribution is 9.10. The molecule has 0 bridgehead atoms. The molecule has 0 aliphatic rings. The largest absolute Gasteiger partial charge is 0.380 e. The minimum Gasteiger partial charge on any atom is -0.380 e. The van der Waals surface area contributed by atoms with Crippen LogP contribution >= 0.6 is 27.3 Å². The molecule has 0 fully saturated rings. The first-order chi connectivity index (χ1) is 14.6. The van der Waals surface area contributed by atoms with Crippen LogP contribution in [0, 0.1) is 6.92 Å². The highest BCUT2D eigenvalue weighted by Gasteiger charge is 2.23. The number of nitrogens with one attached hydrogen (secondary N) is 1. The molecule has 3 heterocycles. The number of hydrogen-bond acceptors (Lipinski definition) is 5. The number of benzene rings is 1. The lowest BCUT2D eigenvalue weighted by molar-refractivity contribution is 0.0959. The van der Waals surface area contributed by atoms with Gasteiger partial charge in [-0.25, -0.2) is 10.4 Å². The van der Waals surface area contributed by atoms with Crippen molar-refractivity contribution in [1.29, 1.82) is 0 Å². The Hall–Kier alpha value is -2.81. The van der Waals surface area contributed by atoms with E-state index >= 15 is 0 Å². The summed E-state index contributed by atoms with van der Waals surface area (Å²) in [5.74, 6) is -0.281. The highest BCUT2D eigenvalue weighted by Crippen LogP contribution is 2.36. The predicted octanol–water partition coefficient (Wildman–Crippen LogP) is 5.07. The predicted molar refractivity (Wildman–Crippen MR) is 124 cm³/mol. The maximum atomic E-state index is 13.0. The molecule has 8 heteroatoms.